The predicted octanol–water partition coefficient (Wildman–Crippen LogP) is 3.68. The Morgan fingerprint density at radius 3 is 2.63 bits per heavy atom. The van der Waals surface area contributed by atoms with Crippen molar-refractivity contribution in [2.45, 2.75) is 0 Å². The molecule has 6 nitrogen and oxygen atoms in total. The molecule has 0 saturated carbocycles. The Bertz CT molecular complexity index is 1180. The molecule has 27 heavy (non-hydrogen) atoms. The lowest BCUT2D eigenvalue weighted by Crippen LogP contribution is -2.26. The Morgan fingerprint density at radius 2 is 1.85 bits per heavy atom. The summed E-state index contributed by atoms with van der Waals surface area (Å²) in [4.78, 5) is 30.5. The quantitative estimate of drug-likeness (QED) is 0.589. The molecule has 0 aliphatic rings. The zero-order valence-corrected chi connectivity index (χ0v) is 15.2. The lowest BCUT2D eigenvalue weighted by molar-refractivity contribution is 0.102. The van der Waals surface area contributed by atoms with Crippen molar-refractivity contribution in [2.24, 2.45) is 0 Å². The fourth-order valence-electron chi connectivity index (χ4n) is 2.80. The number of hydrogen-bond donors (Lipinski definition) is 1. The molecule has 0 fully saturated rings. The number of methoxy groups -OCH3 is 1. The number of amides is 1. The molecule has 0 spiro atoms. The summed E-state index contributed by atoms with van der Waals surface area (Å²) in [6.07, 6.45) is 1.31. The summed E-state index contributed by atoms with van der Waals surface area (Å²) in [5, 5.41) is 4.58. The first-order chi connectivity index (χ1) is 13.2. The van der Waals surface area contributed by atoms with Gasteiger partial charge in [-0.05, 0) is 17.7 Å². The molecule has 1 amide bonds. The first kappa shape index (κ1) is 17.0. The summed E-state index contributed by atoms with van der Waals surface area (Å²) in [6.45, 7) is 0. The Labute approximate surface area is 158 Å². The summed E-state index contributed by atoms with van der Waals surface area (Å²) in [6, 6.07) is 16.5. The van der Waals surface area contributed by atoms with E-state index in [1.165, 1.54) is 29.0 Å². The molecule has 0 radical (unpaired) electrons. The number of carbonyl (C=O) groups is 1. The minimum Gasteiger partial charge on any atom is -0.495 e. The van der Waals surface area contributed by atoms with E-state index in [0.29, 0.717) is 22.1 Å². The van der Waals surface area contributed by atoms with Crippen molar-refractivity contribution >= 4 is 27.9 Å². The van der Waals surface area contributed by atoms with Gasteiger partial charge in [-0.3, -0.25) is 14.0 Å². The number of ether oxygens (including phenoxy) is 1. The number of para-hydroxylation sites is 2. The maximum absolute atomic E-state index is 13.0. The van der Waals surface area contributed by atoms with E-state index in [0.717, 1.165) is 5.56 Å². The van der Waals surface area contributed by atoms with Crippen molar-refractivity contribution in [3.05, 3.63) is 82.1 Å². The number of fused-ring (bicyclic) bond motifs is 1. The SMILES string of the molecule is COc1ccccc1NC(=O)c1cnc2scc(-c3ccccc3)n2c1=O. The first-order valence-electron chi connectivity index (χ1n) is 8.18. The Morgan fingerprint density at radius 1 is 1.11 bits per heavy atom. The topological polar surface area (TPSA) is 72.7 Å². The van der Waals surface area contributed by atoms with Crippen molar-refractivity contribution in [2.75, 3.05) is 12.4 Å². The van der Waals surface area contributed by atoms with Crippen molar-refractivity contribution in [3.63, 3.8) is 0 Å². The number of thiazole rings is 1. The second-order valence-corrected chi connectivity index (χ2v) is 6.57. The summed E-state index contributed by atoms with van der Waals surface area (Å²) in [7, 11) is 1.52. The van der Waals surface area contributed by atoms with E-state index >= 15 is 0 Å². The van der Waals surface area contributed by atoms with Crippen LogP contribution in [0.5, 0.6) is 5.75 Å². The van der Waals surface area contributed by atoms with E-state index in [2.05, 4.69) is 10.3 Å². The van der Waals surface area contributed by atoms with Gasteiger partial charge in [0.2, 0.25) is 0 Å². The fraction of sp³-hybridized carbons (Fsp3) is 0.0500. The largest absolute Gasteiger partial charge is 0.495 e. The normalized spacial score (nSPS) is 10.7. The molecular formula is C20H15N3O3S. The summed E-state index contributed by atoms with van der Waals surface area (Å²) in [5.41, 5.74) is 1.64. The van der Waals surface area contributed by atoms with Gasteiger partial charge in [0.25, 0.3) is 11.5 Å². The van der Waals surface area contributed by atoms with E-state index in [4.69, 9.17) is 4.74 Å². The van der Waals surface area contributed by atoms with Crippen molar-refractivity contribution in [1.29, 1.82) is 0 Å². The number of rotatable bonds is 4. The van der Waals surface area contributed by atoms with Crippen LogP contribution in [0.2, 0.25) is 0 Å². The fourth-order valence-corrected chi connectivity index (χ4v) is 3.65. The van der Waals surface area contributed by atoms with Crippen molar-refractivity contribution in [1.82, 2.24) is 9.38 Å². The number of benzene rings is 2. The van der Waals surface area contributed by atoms with Crippen LogP contribution in [0.25, 0.3) is 16.2 Å². The van der Waals surface area contributed by atoms with Crippen molar-refractivity contribution in [3.8, 4) is 17.0 Å². The van der Waals surface area contributed by atoms with Crippen LogP contribution in [-0.2, 0) is 0 Å². The molecule has 2 aromatic heterocycles. The maximum atomic E-state index is 13.0. The third kappa shape index (κ3) is 3.09. The van der Waals surface area contributed by atoms with E-state index < -0.39 is 11.5 Å². The standard InChI is InChI=1S/C20H15N3O3S/c1-26-17-10-6-5-9-15(17)22-18(24)14-11-21-20-23(19(14)25)16(12-27-20)13-7-3-2-4-8-13/h2-12H,1H3,(H,22,24). The summed E-state index contributed by atoms with van der Waals surface area (Å²) >= 11 is 1.35. The van der Waals surface area contributed by atoms with Gasteiger partial charge in [0.05, 0.1) is 18.5 Å². The molecule has 0 saturated heterocycles. The number of nitrogens with zero attached hydrogens (tertiary/aromatic N) is 2. The van der Waals surface area contributed by atoms with Crippen LogP contribution in [-0.4, -0.2) is 22.4 Å². The monoisotopic (exact) mass is 377 g/mol. The van der Waals surface area contributed by atoms with Crippen LogP contribution >= 0.6 is 11.3 Å². The van der Waals surface area contributed by atoms with Crippen LogP contribution in [0, 0.1) is 0 Å². The molecule has 0 bridgehead atoms. The van der Waals surface area contributed by atoms with Crippen LogP contribution in [0.4, 0.5) is 5.69 Å². The molecule has 0 atom stereocenters. The van der Waals surface area contributed by atoms with Crippen LogP contribution in [0.1, 0.15) is 10.4 Å². The second kappa shape index (κ2) is 7.05. The number of anilines is 1. The lowest BCUT2D eigenvalue weighted by Gasteiger charge is -2.09. The Hall–Kier alpha value is -3.45. The Kier molecular flexibility index (Phi) is 4.43. The highest BCUT2D eigenvalue weighted by Gasteiger charge is 2.18. The molecule has 4 rings (SSSR count). The van der Waals surface area contributed by atoms with Gasteiger partial charge in [-0.1, -0.05) is 42.5 Å². The van der Waals surface area contributed by atoms with E-state index in [9.17, 15) is 9.59 Å². The number of nitrogens with one attached hydrogen (secondary N) is 1. The van der Waals surface area contributed by atoms with E-state index in [-0.39, 0.29) is 5.56 Å². The van der Waals surface area contributed by atoms with Gasteiger partial charge in [-0.15, -0.1) is 11.3 Å². The van der Waals surface area contributed by atoms with Gasteiger partial charge in [0.15, 0.2) is 4.96 Å². The third-order valence-electron chi connectivity index (χ3n) is 4.12. The molecular weight excluding hydrogens is 362 g/mol. The van der Waals surface area contributed by atoms with Gasteiger partial charge < -0.3 is 10.1 Å². The highest BCUT2D eigenvalue weighted by atomic mass is 32.1. The zero-order valence-electron chi connectivity index (χ0n) is 14.4. The summed E-state index contributed by atoms with van der Waals surface area (Å²) in [5.74, 6) is -0.0166. The van der Waals surface area contributed by atoms with Gasteiger partial charge in [-0.2, -0.15) is 0 Å². The third-order valence-corrected chi connectivity index (χ3v) is 4.96. The molecule has 2 aromatic carbocycles. The van der Waals surface area contributed by atoms with Gasteiger partial charge in [0.1, 0.15) is 11.3 Å². The average Bonchev–Trinajstić information content (AvgIpc) is 3.14. The first-order valence-corrected chi connectivity index (χ1v) is 9.06. The molecule has 0 aliphatic carbocycles. The van der Waals surface area contributed by atoms with Crippen LogP contribution in [0.3, 0.4) is 0 Å². The minimum absolute atomic E-state index is 0.0333. The average molecular weight is 377 g/mol. The van der Waals surface area contributed by atoms with Gasteiger partial charge in [-0.25, -0.2) is 4.98 Å². The maximum Gasteiger partial charge on any atom is 0.271 e. The smallest absolute Gasteiger partial charge is 0.271 e. The highest BCUT2D eigenvalue weighted by molar-refractivity contribution is 7.15. The predicted molar refractivity (Wildman–Crippen MR) is 106 cm³/mol. The second-order valence-electron chi connectivity index (χ2n) is 5.74. The van der Waals surface area contributed by atoms with E-state index in [1.807, 2.05) is 35.7 Å². The van der Waals surface area contributed by atoms with Crippen molar-refractivity contribution < 1.29 is 9.53 Å². The molecule has 0 aliphatic heterocycles. The van der Waals surface area contributed by atoms with Crippen LogP contribution in [0.15, 0.2) is 71.0 Å². The summed E-state index contributed by atoms with van der Waals surface area (Å²) < 4.78 is 6.70. The number of carbonyl (C=O) groups excluding carboxylic acids is 1. The Balaban J connectivity index is 1.78. The molecule has 134 valence electrons. The van der Waals surface area contributed by atoms with E-state index in [1.54, 1.807) is 24.3 Å². The number of aromatic nitrogens is 2. The molecule has 2 heterocycles. The van der Waals surface area contributed by atoms with Gasteiger partial charge in [0, 0.05) is 11.6 Å². The highest BCUT2D eigenvalue weighted by Crippen LogP contribution is 2.25. The molecule has 1 N–H and O–H groups in total. The van der Waals surface area contributed by atoms with Gasteiger partial charge >= 0.3 is 0 Å². The lowest BCUT2D eigenvalue weighted by atomic mass is 10.2. The van der Waals surface area contributed by atoms with Crippen LogP contribution < -0.4 is 15.6 Å². The zero-order chi connectivity index (χ0) is 18.8. The minimum atomic E-state index is -0.531. The molecule has 7 heteroatoms. The molecule has 4 aromatic rings. The number of hydrogen-bond acceptors (Lipinski definition) is 5. The molecule has 0 unspecified atom stereocenters.